The highest BCUT2D eigenvalue weighted by atomic mass is 32.2. The number of thiazole rings is 1. The van der Waals surface area contributed by atoms with Crippen molar-refractivity contribution in [2.45, 2.75) is 44.0 Å². The molecule has 2 aliphatic heterocycles. The molecule has 1 amide bonds. The number of benzene rings is 1. The number of anilines is 2. The minimum absolute atomic E-state index is 0.0255. The molecular formula is C28H34FN9O2S2. The Labute approximate surface area is 252 Å². The van der Waals surface area contributed by atoms with Crippen molar-refractivity contribution >= 4 is 45.1 Å². The van der Waals surface area contributed by atoms with Crippen LogP contribution in [0.4, 0.5) is 15.3 Å². The van der Waals surface area contributed by atoms with E-state index in [0.29, 0.717) is 77.3 Å². The number of H-pyrrole nitrogens is 1. The first-order chi connectivity index (χ1) is 20.0. The molecule has 0 spiro atoms. The molecule has 0 unspecified atom stereocenters. The summed E-state index contributed by atoms with van der Waals surface area (Å²) < 4.78 is 13.4. The van der Waals surface area contributed by atoms with E-state index in [0.717, 1.165) is 11.5 Å². The summed E-state index contributed by atoms with van der Waals surface area (Å²) in [6.07, 6.45) is 0.237. The maximum atomic E-state index is 13.4. The van der Waals surface area contributed by atoms with Gasteiger partial charge in [0.2, 0.25) is 5.91 Å². The number of rotatable bonds is 7. The van der Waals surface area contributed by atoms with Gasteiger partial charge < -0.3 is 24.8 Å². The second-order valence-corrected chi connectivity index (χ2v) is 13.0. The number of aliphatic hydroxyl groups is 1. The normalized spacial score (nSPS) is 17.2. The number of carbonyl (C=O) groups is 1. The van der Waals surface area contributed by atoms with Gasteiger partial charge in [-0.3, -0.25) is 15.1 Å². The van der Waals surface area contributed by atoms with Gasteiger partial charge in [-0.05, 0) is 56.3 Å². The van der Waals surface area contributed by atoms with Gasteiger partial charge in [0.15, 0.2) is 15.5 Å². The molecular weight excluding hydrogens is 578 g/mol. The smallest absolute Gasteiger partial charge is 0.236 e. The number of amides is 1. The zero-order valence-electron chi connectivity index (χ0n) is 24.0. The van der Waals surface area contributed by atoms with Gasteiger partial charge in [0, 0.05) is 50.9 Å². The Morgan fingerprint density at radius 2 is 2.00 bits per heavy atom. The van der Waals surface area contributed by atoms with Gasteiger partial charge in [0.05, 0.1) is 18.3 Å². The SMILES string of the molecule is CCc1nc(SC(=N)N2CCN(CC(=O)N3CC(O)C3)C(C)(C)C2)[nH]c1N(C)c1nc(-c2ccc(F)cc2)c(C#N)s1. The highest BCUT2D eigenvalue weighted by molar-refractivity contribution is 8.13. The van der Waals surface area contributed by atoms with E-state index in [1.807, 2.05) is 23.8 Å². The summed E-state index contributed by atoms with van der Waals surface area (Å²) in [5.41, 5.74) is 1.66. The summed E-state index contributed by atoms with van der Waals surface area (Å²) in [6.45, 7) is 9.11. The molecule has 0 atom stereocenters. The van der Waals surface area contributed by atoms with Gasteiger partial charge in [-0.2, -0.15) is 5.26 Å². The second kappa shape index (κ2) is 12.0. The van der Waals surface area contributed by atoms with Crippen LogP contribution >= 0.6 is 23.1 Å². The van der Waals surface area contributed by atoms with Crippen LogP contribution in [0.5, 0.6) is 0 Å². The zero-order valence-corrected chi connectivity index (χ0v) is 25.6. The van der Waals surface area contributed by atoms with E-state index in [2.05, 4.69) is 29.8 Å². The van der Waals surface area contributed by atoms with Gasteiger partial charge >= 0.3 is 0 Å². The molecule has 1 aromatic carbocycles. The largest absolute Gasteiger partial charge is 0.389 e. The molecule has 0 radical (unpaired) electrons. The van der Waals surface area contributed by atoms with Crippen molar-refractivity contribution in [3.63, 3.8) is 0 Å². The van der Waals surface area contributed by atoms with Gasteiger partial charge in [-0.1, -0.05) is 18.3 Å². The van der Waals surface area contributed by atoms with Gasteiger partial charge in [0.1, 0.15) is 28.3 Å². The number of aromatic nitrogens is 3. The van der Waals surface area contributed by atoms with Crippen LogP contribution in [-0.4, -0.2) is 104 Å². The number of hydrogen-bond donors (Lipinski definition) is 3. The fraction of sp³-hybridized carbons (Fsp3) is 0.464. The van der Waals surface area contributed by atoms with Crippen molar-refractivity contribution in [2.24, 2.45) is 0 Å². The van der Waals surface area contributed by atoms with Crippen LogP contribution in [0.3, 0.4) is 0 Å². The zero-order chi connectivity index (χ0) is 30.2. The van der Waals surface area contributed by atoms with Crippen LogP contribution in [0.15, 0.2) is 29.4 Å². The molecule has 2 fully saturated rings. The quantitative estimate of drug-likeness (QED) is 0.208. The molecule has 2 aliphatic rings. The Morgan fingerprint density at radius 3 is 2.62 bits per heavy atom. The molecule has 0 saturated carbocycles. The monoisotopic (exact) mass is 611 g/mol. The fourth-order valence-corrected chi connectivity index (χ4v) is 6.74. The van der Waals surface area contributed by atoms with Gasteiger partial charge in [-0.15, -0.1) is 0 Å². The summed E-state index contributed by atoms with van der Waals surface area (Å²) in [5.74, 6) is 0.406. The van der Waals surface area contributed by atoms with E-state index in [1.54, 1.807) is 17.0 Å². The van der Waals surface area contributed by atoms with Crippen LogP contribution in [0.25, 0.3) is 11.3 Å². The number of thioether (sulfide) groups is 1. The molecule has 0 bridgehead atoms. The molecule has 3 N–H and O–H groups in total. The lowest BCUT2D eigenvalue weighted by Crippen LogP contribution is -2.63. The minimum atomic E-state index is -0.415. The van der Waals surface area contributed by atoms with E-state index in [4.69, 9.17) is 15.4 Å². The number of carbonyl (C=O) groups excluding carboxylic acids is 1. The molecule has 11 nitrogen and oxygen atoms in total. The Balaban J connectivity index is 1.26. The molecule has 2 saturated heterocycles. The Morgan fingerprint density at radius 1 is 1.29 bits per heavy atom. The number of imidazole rings is 1. The highest BCUT2D eigenvalue weighted by Gasteiger charge is 2.38. The van der Waals surface area contributed by atoms with Gasteiger partial charge in [-0.25, -0.2) is 14.4 Å². The number of halogens is 1. The van der Waals surface area contributed by atoms with Crippen LogP contribution < -0.4 is 4.90 Å². The number of aliphatic hydroxyl groups excluding tert-OH is 1. The number of nitriles is 1. The molecule has 222 valence electrons. The lowest BCUT2D eigenvalue weighted by molar-refractivity contribution is -0.144. The average molecular weight is 612 g/mol. The first-order valence-electron chi connectivity index (χ1n) is 13.7. The number of amidine groups is 1. The number of β-amino-alcohol motifs (C(OH)–C–C–N with tert-alkyl or cyclic N) is 1. The first-order valence-corrected chi connectivity index (χ1v) is 15.3. The third-order valence-electron chi connectivity index (χ3n) is 7.62. The molecule has 5 rings (SSSR count). The number of aryl methyl sites for hydroxylation is 1. The van der Waals surface area contributed by atoms with Crippen LogP contribution in [0.1, 0.15) is 31.3 Å². The number of aromatic amines is 1. The predicted octanol–water partition coefficient (Wildman–Crippen LogP) is 3.50. The van der Waals surface area contributed by atoms with E-state index >= 15 is 0 Å². The van der Waals surface area contributed by atoms with Crippen LogP contribution in [0, 0.1) is 22.6 Å². The number of likely N-dealkylation sites (tertiary alicyclic amines) is 1. The third kappa shape index (κ3) is 6.14. The summed E-state index contributed by atoms with van der Waals surface area (Å²) >= 11 is 2.50. The van der Waals surface area contributed by atoms with Crippen molar-refractivity contribution in [1.82, 2.24) is 29.7 Å². The minimum Gasteiger partial charge on any atom is -0.389 e. The molecule has 4 heterocycles. The van der Waals surface area contributed by atoms with E-state index in [9.17, 15) is 19.6 Å². The first kappa shape index (κ1) is 30.0. The highest BCUT2D eigenvalue weighted by Crippen LogP contribution is 2.37. The van der Waals surface area contributed by atoms with Crippen molar-refractivity contribution in [1.29, 1.82) is 10.7 Å². The van der Waals surface area contributed by atoms with Crippen molar-refractivity contribution in [3.8, 4) is 17.3 Å². The molecule has 2 aromatic heterocycles. The van der Waals surface area contributed by atoms with E-state index < -0.39 is 6.10 Å². The summed E-state index contributed by atoms with van der Waals surface area (Å²) in [5, 5.41) is 29.6. The Bertz CT molecular complexity index is 1510. The van der Waals surface area contributed by atoms with Crippen molar-refractivity contribution in [3.05, 3.63) is 40.7 Å². The predicted molar refractivity (Wildman–Crippen MR) is 162 cm³/mol. The van der Waals surface area contributed by atoms with E-state index in [1.165, 1.54) is 35.2 Å². The third-order valence-corrected chi connectivity index (χ3v) is 9.50. The number of nitrogens with one attached hydrogen (secondary N) is 2. The Kier molecular flexibility index (Phi) is 8.56. The van der Waals surface area contributed by atoms with Crippen molar-refractivity contribution in [2.75, 3.05) is 51.2 Å². The molecule has 0 aliphatic carbocycles. The topological polar surface area (TPSA) is 139 Å². The summed E-state index contributed by atoms with van der Waals surface area (Å²) in [7, 11) is 1.85. The Hall–Kier alpha value is -3.51. The lowest BCUT2D eigenvalue weighted by Gasteiger charge is -2.48. The lowest BCUT2D eigenvalue weighted by atomic mass is 9.99. The number of piperazine rings is 1. The fourth-order valence-electron chi connectivity index (χ4n) is 5.11. The second-order valence-electron chi connectivity index (χ2n) is 11.1. The number of hydrogen-bond acceptors (Lipinski definition) is 10. The molecule has 3 aromatic rings. The summed E-state index contributed by atoms with van der Waals surface area (Å²) in [4.78, 5) is 33.5. The van der Waals surface area contributed by atoms with Crippen LogP contribution in [0.2, 0.25) is 0 Å². The van der Waals surface area contributed by atoms with Crippen molar-refractivity contribution < 1.29 is 14.3 Å². The molecule has 42 heavy (non-hydrogen) atoms. The number of nitrogens with zero attached hydrogens (tertiary/aromatic N) is 7. The van der Waals surface area contributed by atoms with Crippen LogP contribution in [-0.2, 0) is 11.2 Å². The molecule has 14 heteroatoms. The average Bonchev–Trinajstić information content (AvgIpc) is 3.56. The summed E-state index contributed by atoms with van der Waals surface area (Å²) in [6, 6.07) is 8.12. The standard InChI is InChI=1S/C28H34FN9O2S2/c1-5-20-24(35(4)27-33-23(21(12-30)41-27)17-6-8-18(29)9-7-17)34-26(32-20)42-25(31)36-10-11-38(28(2,3)16-36)15-22(40)37-13-19(39)14-37/h6-9,19,31,39H,5,10-11,13-16H2,1-4H3,(H,32,34). The maximum Gasteiger partial charge on any atom is 0.236 e. The van der Waals surface area contributed by atoms with Gasteiger partial charge in [0.25, 0.3) is 0 Å². The maximum absolute atomic E-state index is 13.4. The van der Waals surface area contributed by atoms with E-state index in [-0.39, 0.29) is 17.3 Å².